The highest BCUT2D eigenvalue weighted by atomic mass is 16.5. The van der Waals surface area contributed by atoms with Gasteiger partial charge in [-0.05, 0) is 30.7 Å². The number of methoxy groups -OCH3 is 1. The van der Waals surface area contributed by atoms with Gasteiger partial charge in [0.1, 0.15) is 5.82 Å². The van der Waals surface area contributed by atoms with Gasteiger partial charge >= 0.3 is 0 Å². The number of aliphatic hydroxyl groups excluding tert-OH is 1. The van der Waals surface area contributed by atoms with E-state index in [9.17, 15) is 10.2 Å². The molecule has 0 saturated carbocycles. The molecule has 2 aromatic carbocycles. The van der Waals surface area contributed by atoms with Crippen LogP contribution in [-0.2, 0) is 0 Å². The number of anilines is 1. The number of rotatable bonds is 6. The van der Waals surface area contributed by atoms with Crippen LogP contribution in [0.25, 0.3) is 11.4 Å². The summed E-state index contributed by atoms with van der Waals surface area (Å²) in [6.45, 7) is 1.85. The van der Waals surface area contributed by atoms with E-state index < -0.39 is 0 Å². The fourth-order valence-electron chi connectivity index (χ4n) is 2.63. The molecule has 3 rings (SSSR count). The van der Waals surface area contributed by atoms with Crippen LogP contribution in [0.1, 0.15) is 17.2 Å². The molecule has 0 radical (unpaired) electrons. The summed E-state index contributed by atoms with van der Waals surface area (Å²) in [5.41, 5.74) is 2.57. The predicted molar refractivity (Wildman–Crippen MR) is 100 cm³/mol. The minimum absolute atomic E-state index is 0.0597. The van der Waals surface area contributed by atoms with Crippen LogP contribution in [-0.4, -0.2) is 33.9 Å². The van der Waals surface area contributed by atoms with Crippen LogP contribution in [0.3, 0.4) is 0 Å². The lowest BCUT2D eigenvalue weighted by atomic mass is 10.1. The van der Waals surface area contributed by atoms with E-state index in [4.69, 9.17) is 4.74 Å². The summed E-state index contributed by atoms with van der Waals surface area (Å²) in [6, 6.07) is 14.4. The minimum atomic E-state index is -0.271. The van der Waals surface area contributed by atoms with Gasteiger partial charge in [0.25, 0.3) is 0 Å². The first-order valence-electron chi connectivity index (χ1n) is 8.25. The number of nitrogens with one attached hydrogen (secondary N) is 1. The van der Waals surface area contributed by atoms with Gasteiger partial charge in [-0.2, -0.15) is 0 Å². The normalized spacial score (nSPS) is 11.8. The quantitative estimate of drug-likeness (QED) is 0.631. The maximum absolute atomic E-state index is 9.77. The average Bonchev–Trinajstić information content (AvgIpc) is 2.68. The molecule has 1 aromatic heterocycles. The second kappa shape index (κ2) is 7.84. The van der Waals surface area contributed by atoms with Gasteiger partial charge < -0.3 is 20.3 Å². The minimum Gasteiger partial charge on any atom is -0.504 e. The molecule has 0 bridgehead atoms. The van der Waals surface area contributed by atoms with Crippen LogP contribution in [0.4, 0.5) is 5.82 Å². The van der Waals surface area contributed by atoms with Crippen molar-refractivity contribution < 1.29 is 14.9 Å². The van der Waals surface area contributed by atoms with Gasteiger partial charge in [-0.3, -0.25) is 0 Å². The first-order valence-corrected chi connectivity index (χ1v) is 8.25. The molecule has 0 amide bonds. The number of aryl methyl sites for hydroxylation is 1. The van der Waals surface area contributed by atoms with E-state index >= 15 is 0 Å². The summed E-state index contributed by atoms with van der Waals surface area (Å²) in [5.74, 6) is 1.57. The highest BCUT2D eigenvalue weighted by Gasteiger charge is 2.14. The molecule has 0 aliphatic carbocycles. The van der Waals surface area contributed by atoms with Crippen LogP contribution >= 0.6 is 0 Å². The zero-order valence-corrected chi connectivity index (χ0v) is 14.7. The lowest BCUT2D eigenvalue weighted by Crippen LogP contribution is -2.16. The van der Waals surface area contributed by atoms with E-state index in [0.29, 0.717) is 17.4 Å². The topological polar surface area (TPSA) is 87.5 Å². The maximum atomic E-state index is 9.77. The van der Waals surface area contributed by atoms with Crippen molar-refractivity contribution >= 4 is 5.82 Å². The number of phenolic OH excluding ortho intramolecular Hbond substituents is 1. The number of ether oxygens (including phenoxy) is 1. The average molecular weight is 351 g/mol. The summed E-state index contributed by atoms with van der Waals surface area (Å²) in [5, 5.41) is 22.8. The van der Waals surface area contributed by atoms with Gasteiger partial charge in [-0.15, -0.1) is 0 Å². The summed E-state index contributed by atoms with van der Waals surface area (Å²) in [4.78, 5) is 8.96. The molecule has 3 N–H and O–H groups in total. The van der Waals surface area contributed by atoms with E-state index in [-0.39, 0.29) is 18.4 Å². The van der Waals surface area contributed by atoms with Crippen molar-refractivity contribution in [1.82, 2.24) is 9.97 Å². The summed E-state index contributed by atoms with van der Waals surface area (Å²) >= 11 is 0. The number of aliphatic hydroxyl groups is 1. The Morgan fingerprint density at radius 2 is 1.92 bits per heavy atom. The Labute approximate surface area is 152 Å². The molecule has 6 heteroatoms. The van der Waals surface area contributed by atoms with Crippen molar-refractivity contribution in [3.8, 4) is 22.9 Å². The molecule has 3 aromatic rings. The van der Waals surface area contributed by atoms with Crippen molar-refractivity contribution in [3.63, 3.8) is 0 Å². The van der Waals surface area contributed by atoms with Crippen LogP contribution in [0.15, 0.2) is 54.7 Å². The van der Waals surface area contributed by atoms with Crippen LogP contribution < -0.4 is 10.1 Å². The Balaban J connectivity index is 1.93. The zero-order chi connectivity index (χ0) is 18.5. The van der Waals surface area contributed by atoms with Gasteiger partial charge in [0.15, 0.2) is 17.3 Å². The van der Waals surface area contributed by atoms with Crippen LogP contribution in [0.2, 0.25) is 0 Å². The van der Waals surface area contributed by atoms with Gasteiger partial charge in [0, 0.05) is 17.3 Å². The molecular formula is C20H21N3O3. The molecule has 0 spiro atoms. The number of benzene rings is 2. The van der Waals surface area contributed by atoms with E-state index in [1.165, 1.54) is 7.11 Å². The molecule has 6 nitrogen and oxygen atoms in total. The van der Waals surface area contributed by atoms with Gasteiger partial charge in [0.2, 0.25) is 0 Å². The number of nitrogens with zero attached hydrogens (tertiary/aromatic N) is 2. The Morgan fingerprint density at radius 3 is 2.62 bits per heavy atom. The molecule has 1 atom stereocenters. The number of hydrogen-bond donors (Lipinski definition) is 3. The van der Waals surface area contributed by atoms with Crippen molar-refractivity contribution in [1.29, 1.82) is 0 Å². The van der Waals surface area contributed by atoms with Gasteiger partial charge in [-0.1, -0.05) is 30.3 Å². The third-order valence-electron chi connectivity index (χ3n) is 4.11. The van der Waals surface area contributed by atoms with E-state index in [2.05, 4.69) is 15.3 Å². The molecule has 1 unspecified atom stereocenters. The van der Waals surface area contributed by atoms with E-state index in [0.717, 1.165) is 16.7 Å². The third kappa shape index (κ3) is 3.75. The molecule has 134 valence electrons. The Morgan fingerprint density at radius 1 is 1.15 bits per heavy atom. The van der Waals surface area contributed by atoms with Gasteiger partial charge in [0.05, 0.1) is 19.8 Å². The van der Waals surface area contributed by atoms with E-state index in [1.807, 2.05) is 37.3 Å². The predicted octanol–water partition coefficient (Wildman–Crippen LogP) is 3.31. The molecular weight excluding hydrogens is 330 g/mol. The van der Waals surface area contributed by atoms with Crippen molar-refractivity contribution in [2.24, 2.45) is 0 Å². The summed E-state index contributed by atoms with van der Waals surface area (Å²) < 4.78 is 5.15. The Bertz CT molecular complexity index is 885. The molecule has 0 aliphatic heterocycles. The highest BCUT2D eigenvalue weighted by molar-refractivity contribution is 5.63. The molecule has 0 saturated heterocycles. The zero-order valence-electron chi connectivity index (χ0n) is 14.7. The second-order valence-electron chi connectivity index (χ2n) is 5.90. The van der Waals surface area contributed by atoms with Crippen molar-refractivity contribution in [3.05, 3.63) is 65.9 Å². The van der Waals surface area contributed by atoms with Crippen LogP contribution in [0.5, 0.6) is 11.5 Å². The summed E-state index contributed by atoms with van der Waals surface area (Å²) in [7, 11) is 1.49. The number of hydrogen-bond acceptors (Lipinski definition) is 6. The maximum Gasteiger partial charge on any atom is 0.161 e. The molecule has 0 fully saturated rings. The Kier molecular flexibility index (Phi) is 5.34. The number of aromatic nitrogens is 2. The monoisotopic (exact) mass is 351 g/mol. The fraction of sp³-hybridized carbons (Fsp3) is 0.200. The van der Waals surface area contributed by atoms with Gasteiger partial charge in [-0.25, -0.2) is 9.97 Å². The fourth-order valence-corrected chi connectivity index (χ4v) is 2.63. The standard InChI is InChI=1S/C20H21N3O3/c1-13-11-21-20(15-8-9-17(25)18(10-15)26-2)23-19(13)22-16(12-24)14-6-4-3-5-7-14/h3-11,16,24-25H,12H2,1-2H3,(H,21,22,23). The third-order valence-corrected chi connectivity index (χ3v) is 4.11. The number of phenols is 1. The lowest BCUT2D eigenvalue weighted by molar-refractivity contribution is 0.276. The lowest BCUT2D eigenvalue weighted by Gasteiger charge is -2.19. The van der Waals surface area contributed by atoms with Crippen molar-refractivity contribution in [2.45, 2.75) is 13.0 Å². The van der Waals surface area contributed by atoms with Crippen LogP contribution in [0, 0.1) is 6.92 Å². The highest BCUT2D eigenvalue weighted by Crippen LogP contribution is 2.31. The number of aromatic hydroxyl groups is 1. The van der Waals surface area contributed by atoms with E-state index in [1.54, 1.807) is 24.4 Å². The van der Waals surface area contributed by atoms with Crippen molar-refractivity contribution in [2.75, 3.05) is 19.0 Å². The smallest absolute Gasteiger partial charge is 0.161 e. The molecule has 1 heterocycles. The molecule has 26 heavy (non-hydrogen) atoms. The molecule has 0 aliphatic rings. The largest absolute Gasteiger partial charge is 0.504 e. The SMILES string of the molecule is COc1cc(-c2ncc(C)c(NC(CO)c3ccccc3)n2)ccc1O. The first-order chi connectivity index (χ1) is 12.6. The Hall–Kier alpha value is -3.12. The summed E-state index contributed by atoms with van der Waals surface area (Å²) in [6.07, 6.45) is 1.73. The second-order valence-corrected chi connectivity index (χ2v) is 5.90. The first kappa shape index (κ1) is 17.7.